The van der Waals surface area contributed by atoms with Gasteiger partial charge in [0.25, 0.3) is 0 Å². The number of amidine groups is 1. The van der Waals surface area contributed by atoms with Gasteiger partial charge in [0.2, 0.25) is 0 Å². The maximum atomic E-state index is 8.35. The van der Waals surface area contributed by atoms with E-state index in [4.69, 9.17) is 5.41 Å². The van der Waals surface area contributed by atoms with E-state index >= 15 is 0 Å². The summed E-state index contributed by atoms with van der Waals surface area (Å²) in [6.07, 6.45) is 10.4. The maximum Gasteiger partial charge on any atom is 0.0989 e. The van der Waals surface area contributed by atoms with Crippen molar-refractivity contribution in [1.82, 2.24) is 4.90 Å². The minimum Gasteiger partial charge on any atom is -0.360 e. The molecule has 1 saturated heterocycles. The zero-order valence-corrected chi connectivity index (χ0v) is 11.6. The lowest BCUT2D eigenvalue weighted by Gasteiger charge is -2.42. The molecule has 0 spiro atoms. The largest absolute Gasteiger partial charge is 0.360 e. The molecule has 98 valence electrons. The van der Waals surface area contributed by atoms with Crippen molar-refractivity contribution in [2.24, 2.45) is 11.3 Å². The maximum absolute atomic E-state index is 8.35. The molecule has 0 radical (unpaired) electrons. The van der Waals surface area contributed by atoms with E-state index in [2.05, 4.69) is 18.7 Å². The Morgan fingerprint density at radius 3 is 2.12 bits per heavy atom. The lowest BCUT2D eigenvalue weighted by molar-refractivity contribution is 0.132. The Balaban J connectivity index is 1.87. The van der Waals surface area contributed by atoms with Gasteiger partial charge in [-0.1, -0.05) is 39.5 Å². The number of hydrogen-bond acceptors (Lipinski definition) is 1. The first-order valence-corrected chi connectivity index (χ1v) is 7.54. The van der Waals surface area contributed by atoms with Crippen molar-refractivity contribution in [3.63, 3.8) is 0 Å². The smallest absolute Gasteiger partial charge is 0.0989 e. The second kappa shape index (κ2) is 5.41. The van der Waals surface area contributed by atoms with E-state index in [1.165, 1.54) is 51.4 Å². The third kappa shape index (κ3) is 2.66. The van der Waals surface area contributed by atoms with Crippen LogP contribution in [0.1, 0.15) is 65.2 Å². The summed E-state index contributed by atoms with van der Waals surface area (Å²) in [5.41, 5.74) is 0.590. The third-order valence-electron chi connectivity index (χ3n) is 5.41. The number of nitrogens with one attached hydrogen (secondary N) is 1. The first-order valence-electron chi connectivity index (χ1n) is 7.54. The second-order valence-electron chi connectivity index (χ2n) is 6.06. The van der Waals surface area contributed by atoms with Crippen LogP contribution in [0.25, 0.3) is 0 Å². The first-order chi connectivity index (χ1) is 8.21. The van der Waals surface area contributed by atoms with Crippen LogP contribution < -0.4 is 0 Å². The van der Waals surface area contributed by atoms with Gasteiger partial charge in [-0.2, -0.15) is 0 Å². The average molecular weight is 236 g/mol. The van der Waals surface area contributed by atoms with Gasteiger partial charge in [-0.3, -0.25) is 5.41 Å². The fraction of sp³-hybridized carbons (Fsp3) is 0.933. The van der Waals surface area contributed by atoms with Crippen LogP contribution in [0.2, 0.25) is 0 Å². The van der Waals surface area contributed by atoms with Crippen molar-refractivity contribution in [3.05, 3.63) is 0 Å². The summed E-state index contributed by atoms with van der Waals surface area (Å²) in [6, 6.07) is 0. The van der Waals surface area contributed by atoms with Gasteiger partial charge < -0.3 is 4.90 Å². The number of likely N-dealkylation sites (tertiary alicyclic amines) is 1. The van der Waals surface area contributed by atoms with Crippen molar-refractivity contribution in [3.8, 4) is 0 Å². The second-order valence-corrected chi connectivity index (χ2v) is 6.06. The Bertz CT molecular complexity index is 252. The molecular formula is C15H28N2. The summed E-state index contributed by atoms with van der Waals surface area (Å²) in [7, 11) is 0. The Kier molecular flexibility index (Phi) is 4.11. The molecule has 1 N–H and O–H groups in total. The lowest BCUT2D eigenvalue weighted by atomic mass is 9.74. The van der Waals surface area contributed by atoms with Gasteiger partial charge in [0.1, 0.15) is 0 Å². The van der Waals surface area contributed by atoms with Crippen LogP contribution in [-0.2, 0) is 0 Å². The van der Waals surface area contributed by atoms with Crippen molar-refractivity contribution >= 4 is 5.84 Å². The Labute approximate surface area is 106 Å². The van der Waals surface area contributed by atoms with Gasteiger partial charge in [0.15, 0.2) is 0 Å². The van der Waals surface area contributed by atoms with E-state index in [1.54, 1.807) is 0 Å². The van der Waals surface area contributed by atoms with Crippen LogP contribution in [0.5, 0.6) is 0 Å². The average Bonchev–Trinajstić information content (AvgIpc) is 2.92. The number of hydrogen-bond donors (Lipinski definition) is 1. The van der Waals surface area contributed by atoms with Gasteiger partial charge in [-0.15, -0.1) is 0 Å². The molecule has 1 saturated carbocycles. The van der Waals surface area contributed by atoms with Crippen molar-refractivity contribution in [2.45, 2.75) is 65.2 Å². The van der Waals surface area contributed by atoms with E-state index < -0.39 is 0 Å². The Morgan fingerprint density at radius 2 is 1.65 bits per heavy atom. The molecule has 1 aliphatic heterocycles. The van der Waals surface area contributed by atoms with Crippen LogP contribution in [0.15, 0.2) is 0 Å². The molecule has 0 aromatic rings. The molecule has 2 fully saturated rings. The highest BCUT2D eigenvalue weighted by atomic mass is 15.2. The monoisotopic (exact) mass is 236 g/mol. The Hall–Kier alpha value is -0.530. The number of piperidine rings is 1. The fourth-order valence-corrected chi connectivity index (χ4v) is 3.64. The summed E-state index contributed by atoms with van der Waals surface area (Å²) >= 11 is 0. The summed E-state index contributed by atoms with van der Waals surface area (Å²) in [5.74, 6) is 1.55. The molecule has 0 aromatic heterocycles. The van der Waals surface area contributed by atoms with Crippen LogP contribution in [-0.4, -0.2) is 23.8 Å². The minimum atomic E-state index is 0.589. The van der Waals surface area contributed by atoms with Gasteiger partial charge in [-0.25, -0.2) is 0 Å². The molecule has 2 heteroatoms. The van der Waals surface area contributed by atoms with Crippen molar-refractivity contribution in [1.29, 1.82) is 5.41 Å². The normalized spacial score (nSPS) is 25.2. The zero-order valence-electron chi connectivity index (χ0n) is 11.6. The minimum absolute atomic E-state index is 0.589. The molecule has 0 amide bonds. The Morgan fingerprint density at radius 1 is 1.12 bits per heavy atom. The predicted octanol–water partition coefficient (Wildman–Crippen LogP) is 4.06. The zero-order chi connectivity index (χ0) is 12.3. The summed E-state index contributed by atoms with van der Waals surface area (Å²) in [5, 5.41) is 8.35. The molecule has 2 rings (SSSR count). The molecule has 0 bridgehead atoms. The van der Waals surface area contributed by atoms with Crippen LogP contribution in [0.3, 0.4) is 0 Å². The lowest BCUT2D eigenvalue weighted by Crippen LogP contribution is -2.44. The van der Waals surface area contributed by atoms with Crippen LogP contribution >= 0.6 is 0 Å². The van der Waals surface area contributed by atoms with Crippen molar-refractivity contribution in [2.75, 3.05) is 13.1 Å². The van der Waals surface area contributed by atoms with Crippen LogP contribution in [0, 0.1) is 16.7 Å². The van der Waals surface area contributed by atoms with E-state index in [0.717, 1.165) is 18.9 Å². The van der Waals surface area contributed by atoms with E-state index in [-0.39, 0.29) is 0 Å². The highest BCUT2D eigenvalue weighted by molar-refractivity contribution is 5.82. The molecule has 2 nitrogen and oxygen atoms in total. The molecule has 1 heterocycles. The number of rotatable bonds is 3. The predicted molar refractivity (Wildman–Crippen MR) is 73.5 cm³/mol. The molecule has 0 atom stereocenters. The van der Waals surface area contributed by atoms with Crippen molar-refractivity contribution < 1.29 is 0 Å². The third-order valence-corrected chi connectivity index (χ3v) is 5.41. The fourth-order valence-electron chi connectivity index (χ4n) is 3.64. The highest BCUT2D eigenvalue weighted by Crippen LogP contribution is 2.39. The molecule has 17 heavy (non-hydrogen) atoms. The van der Waals surface area contributed by atoms with Gasteiger partial charge in [0, 0.05) is 19.0 Å². The summed E-state index contributed by atoms with van der Waals surface area (Å²) in [4.78, 5) is 2.37. The van der Waals surface area contributed by atoms with E-state index in [1.807, 2.05) is 0 Å². The van der Waals surface area contributed by atoms with Gasteiger partial charge >= 0.3 is 0 Å². The van der Waals surface area contributed by atoms with Gasteiger partial charge in [-0.05, 0) is 31.1 Å². The first kappa shape index (κ1) is 12.9. The van der Waals surface area contributed by atoms with Crippen LogP contribution in [0.4, 0.5) is 0 Å². The number of nitrogens with zero attached hydrogens (tertiary/aromatic N) is 1. The molecule has 1 aliphatic carbocycles. The highest BCUT2D eigenvalue weighted by Gasteiger charge is 2.33. The van der Waals surface area contributed by atoms with Gasteiger partial charge in [0.05, 0.1) is 5.84 Å². The SMILES string of the molecule is CCC1(CC)CCN(C(=N)C2CCCC2)CC1. The van der Waals surface area contributed by atoms with E-state index in [9.17, 15) is 0 Å². The molecular weight excluding hydrogens is 208 g/mol. The van der Waals surface area contributed by atoms with E-state index in [0.29, 0.717) is 11.3 Å². The molecule has 0 unspecified atom stereocenters. The quantitative estimate of drug-likeness (QED) is 0.581. The summed E-state index contributed by atoms with van der Waals surface area (Å²) in [6.45, 7) is 6.94. The molecule has 0 aromatic carbocycles. The topological polar surface area (TPSA) is 27.1 Å². The standard InChI is InChI=1S/C15H28N2/c1-3-15(4-2)9-11-17(12-10-15)14(16)13-7-5-6-8-13/h13,16H,3-12H2,1-2H3. The molecule has 2 aliphatic rings. The summed E-state index contributed by atoms with van der Waals surface area (Å²) < 4.78 is 0.